The van der Waals surface area contributed by atoms with Crippen LogP contribution in [0.3, 0.4) is 0 Å². The number of hydrogen-bond donors (Lipinski definition) is 1. The molecule has 5 nitrogen and oxygen atoms in total. The molecule has 1 N–H and O–H groups in total. The summed E-state index contributed by atoms with van der Waals surface area (Å²) in [5.41, 5.74) is 0. The van der Waals surface area contributed by atoms with Gasteiger partial charge in [-0.3, -0.25) is 10.1 Å². The van der Waals surface area contributed by atoms with Gasteiger partial charge in [0.15, 0.2) is 4.34 Å². The minimum Gasteiger partial charge on any atom is -0.396 e. The number of aromatic nitrogens is 1. The fourth-order valence-corrected chi connectivity index (χ4v) is 2.89. The molecule has 0 amide bonds. The summed E-state index contributed by atoms with van der Waals surface area (Å²) in [6.07, 6.45) is 1.93. The van der Waals surface area contributed by atoms with Crippen LogP contribution in [0.4, 0.5) is 5.00 Å². The zero-order valence-corrected chi connectivity index (χ0v) is 9.18. The molecule has 1 atom stereocenters. The molecule has 0 spiro atoms. The van der Waals surface area contributed by atoms with E-state index in [-0.39, 0.29) is 16.9 Å². The van der Waals surface area contributed by atoms with Gasteiger partial charge in [0.05, 0.1) is 4.92 Å². The van der Waals surface area contributed by atoms with Crippen LogP contribution in [0.25, 0.3) is 0 Å². The van der Waals surface area contributed by atoms with Gasteiger partial charge in [-0.25, -0.2) is 4.98 Å². The number of nitrogens with zero attached hydrogens (tertiary/aromatic N) is 2. The van der Waals surface area contributed by atoms with Crippen LogP contribution in [-0.2, 0) is 0 Å². The summed E-state index contributed by atoms with van der Waals surface area (Å²) in [6.45, 7) is 2.08. The Balaban J connectivity index is 2.55. The van der Waals surface area contributed by atoms with Gasteiger partial charge in [0, 0.05) is 11.9 Å². The van der Waals surface area contributed by atoms with Crippen LogP contribution in [0.15, 0.2) is 10.5 Å². The Morgan fingerprint density at radius 1 is 1.86 bits per heavy atom. The number of aliphatic hydroxyl groups is 1. The predicted octanol–water partition coefficient (Wildman–Crippen LogP) is 1.91. The average Bonchev–Trinajstić information content (AvgIpc) is 2.53. The van der Waals surface area contributed by atoms with E-state index in [1.165, 1.54) is 18.0 Å². The van der Waals surface area contributed by atoms with Gasteiger partial charge in [0.1, 0.15) is 6.20 Å². The molecule has 0 bridgehead atoms. The summed E-state index contributed by atoms with van der Waals surface area (Å²) >= 11 is 2.52. The third-order valence-corrected chi connectivity index (χ3v) is 3.72. The molecule has 0 aliphatic carbocycles. The van der Waals surface area contributed by atoms with Crippen molar-refractivity contribution in [3.8, 4) is 0 Å². The number of thiazole rings is 1. The second-order valence-electron chi connectivity index (χ2n) is 2.66. The Morgan fingerprint density at radius 2 is 2.57 bits per heavy atom. The zero-order valence-electron chi connectivity index (χ0n) is 7.54. The van der Waals surface area contributed by atoms with Crippen LogP contribution in [0.1, 0.15) is 13.3 Å². The second-order valence-corrected chi connectivity index (χ2v) is 5.36. The molecule has 0 fully saturated rings. The summed E-state index contributed by atoms with van der Waals surface area (Å²) in [4.78, 5) is 13.8. The van der Waals surface area contributed by atoms with Crippen LogP contribution in [0.5, 0.6) is 0 Å². The summed E-state index contributed by atoms with van der Waals surface area (Å²) in [7, 11) is 0. The quantitative estimate of drug-likeness (QED) is 0.478. The first-order chi connectivity index (χ1) is 6.63. The first-order valence-electron chi connectivity index (χ1n) is 4.01. The summed E-state index contributed by atoms with van der Waals surface area (Å²) in [5, 5.41) is 19.3. The molecule has 7 heteroatoms. The van der Waals surface area contributed by atoms with E-state index in [4.69, 9.17) is 5.11 Å². The standard InChI is InChI=1S/C7H10N2O3S2/c1-5(2-3-10)13-7-8-4-6(14-7)9(11)12/h4-5,10H,2-3H2,1H3. The molecule has 1 aromatic heterocycles. The average molecular weight is 234 g/mol. The van der Waals surface area contributed by atoms with E-state index >= 15 is 0 Å². The van der Waals surface area contributed by atoms with Crippen molar-refractivity contribution in [2.45, 2.75) is 22.9 Å². The molecule has 0 aliphatic heterocycles. The van der Waals surface area contributed by atoms with Gasteiger partial charge in [-0.15, -0.1) is 0 Å². The highest BCUT2D eigenvalue weighted by molar-refractivity contribution is 8.01. The first kappa shape index (κ1) is 11.4. The Bertz CT molecular complexity index is 316. The van der Waals surface area contributed by atoms with E-state index in [0.717, 1.165) is 11.3 Å². The maximum atomic E-state index is 10.4. The number of nitro groups is 1. The lowest BCUT2D eigenvalue weighted by Gasteiger charge is -2.04. The molecule has 0 aliphatic rings. The minimum atomic E-state index is -0.446. The number of aliphatic hydroxyl groups excluding tert-OH is 1. The van der Waals surface area contributed by atoms with Gasteiger partial charge >= 0.3 is 5.00 Å². The molecule has 0 saturated carbocycles. The monoisotopic (exact) mass is 234 g/mol. The van der Waals surface area contributed by atoms with Crippen molar-refractivity contribution in [3.63, 3.8) is 0 Å². The van der Waals surface area contributed by atoms with Gasteiger partial charge in [0.2, 0.25) is 0 Å². The topological polar surface area (TPSA) is 76.3 Å². The lowest BCUT2D eigenvalue weighted by atomic mass is 10.4. The van der Waals surface area contributed by atoms with Crippen molar-refractivity contribution < 1.29 is 10.0 Å². The highest BCUT2D eigenvalue weighted by Crippen LogP contribution is 2.32. The molecule has 1 unspecified atom stereocenters. The highest BCUT2D eigenvalue weighted by atomic mass is 32.2. The van der Waals surface area contributed by atoms with Gasteiger partial charge in [0.25, 0.3) is 0 Å². The normalized spacial score (nSPS) is 12.7. The van der Waals surface area contributed by atoms with Crippen molar-refractivity contribution in [2.24, 2.45) is 0 Å². The van der Waals surface area contributed by atoms with E-state index in [1.54, 1.807) is 0 Å². The van der Waals surface area contributed by atoms with Gasteiger partial charge in [-0.2, -0.15) is 0 Å². The number of thioether (sulfide) groups is 1. The van der Waals surface area contributed by atoms with Crippen molar-refractivity contribution in [3.05, 3.63) is 16.3 Å². The molecule has 14 heavy (non-hydrogen) atoms. The van der Waals surface area contributed by atoms with E-state index in [2.05, 4.69) is 4.98 Å². The molecular weight excluding hydrogens is 224 g/mol. The van der Waals surface area contributed by atoms with E-state index in [9.17, 15) is 10.1 Å². The minimum absolute atomic E-state index is 0.0590. The molecule has 0 radical (unpaired) electrons. The fourth-order valence-electron chi connectivity index (χ4n) is 0.802. The van der Waals surface area contributed by atoms with Crippen LogP contribution in [0.2, 0.25) is 0 Å². The molecule has 1 heterocycles. The smallest absolute Gasteiger partial charge is 0.344 e. The highest BCUT2D eigenvalue weighted by Gasteiger charge is 2.13. The molecule has 1 aromatic rings. The lowest BCUT2D eigenvalue weighted by Crippen LogP contribution is -1.98. The lowest BCUT2D eigenvalue weighted by molar-refractivity contribution is -0.380. The van der Waals surface area contributed by atoms with Gasteiger partial charge in [-0.05, 0) is 17.8 Å². The maximum absolute atomic E-state index is 10.4. The van der Waals surface area contributed by atoms with E-state index < -0.39 is 4.92 Å². The predicted molar refractivity (Wildman–Crippen MR) is 55.8 cm³/mol. The molecule has 0 saturated heterocycles. The zero-order chi connectivity index (χ0) is 10.6. The first-order valence-corrected chi connectivity index (χ1v) is 5.71. The maximum Gasteiger partial charge on any atom is 0.344 e. The number of hydrogen-bond acceptors (Lipinski definition) is 6. The van der Waals surface area contributed by atoms with Gasteiger partial charge in [-0.1, -0.05) is 18.7 Å². The van der Waals surface area contributed by atoms with Crippen LogP contribution in [-0.4, -0.2) is 26.9 Å². The Labute approximate surface area is 89.3 Å². The Kier molecular flexibility index (Phi) is 4.30. The Hall–Kier alpha value is -0.660. The van der Waals surface area contributed by atoms with Gasteiger partial charge < -0.3 is 5.11 Å². The molecular formula is C7H10N2O3S2. The van der Waals surface area contributed by atoms with Crippen molar-refractivity contribution in [2.75, 3.05) is 6.61 Å². The summed E-state index contributed by atoms with van der Waals surface area (Å²) in [5.74, 6) is 0. The SMILES string of the molecule is CC(CCO)Sc1ncc([N+](=O)[O-])s1. The fraction of sp³-hybridized carbons (Fsp3) is 0.571. The largest absolute Gasteiger partial charge is 0.396 e. The molecule has 1 rings (SSSR count). The van der Waals surface area contributed by atoms with E-state index in [0.29, 0.717) is 10.8 Å². The van der Waals surface area contributed by atoms with Crippen LogP contribution in [0, 0.1) is 10.1 Å². The van der Waals surface area contributed by atoms with Crippen LogP contribution < -0.4 is 0 Å². The molecule has 0 aromatic carbocycles. The molecule has 78 valence electrons. The van der Waals surface area contributed by atoms with Crippen molar-refractivity contribution >= 4 is 28.1 Å². The van der Waals surface area contributed by atoms with Crippen molar-refractivity contribution in [1.82, 2.24) is 4.98 Å². The third-order valence-electron chi connectivity index (χ3n) is 1.49. The summed E-state index contributed by atoms with van der Waals surface area (Å²) < 4.78 is 0.678. The Morgan fingerprint density at radius 3 is 3.07 bits per heavy atom. The van der Waals surface area contributed by atoms with Crippen LogP contribution >= 0.6 is 23.1 Å². The van der Waals surface area contributed by atoms with E-state index in [1.807, 2.05) is 6.92 Å². The second kappa shape index (κ2) is 5.28. The van der Waals surface area contributed by atoms with Crippen molar-refractivity contribution in [1.29, 1.82) is 0 Å². The number of rotatable bonds is 5. The summed E-state index contributed by atoms with van der Waals surface area (Å²) in [6, 6.07) is 0. The third kappa shape index (κ3) is 3.24.